The molecule has 0 N–H and O–H groups in total. The number of hydrogen-bond donors (Lipinski definition) is 0. The maximum atomic E-state index is 4.60. The first-order chi connectivity index (χ1) is 3.83. The summed E-state index contributed by atoms with van der Waals surface area (Å²) in [5.41, 5.74) is 0. The number of methoxy groups -OCH3 is 2. The van der Waals surface area contributed by atoms with E-state index in [4.69, 9.17) is 0 Å². The van der Waals surface area contributed by atoms with Gasteiger partial charge in [-0.1, -0.05) is 0 Å². The minimum Gasteiger partial charge on any atom is -0.389 e. The van der Waals surface area contributed by atoms with Crippen molar-refractivity contribution >= 4 is 20.5 Å². The second-order valence-corrected chi connectivity index (χ2v) is 2.31. The van der Waals surface area contributed by atoms with Gasteiger partial charge < -0.3 is 9.47 Å². The number of rotatable bonds is 2. The molecule has 52 valence electrons. The smallest absolute Gasteiger partial charge is 0.0352 e. The molecule has 0 radical (unpaired) electrons. The van der Waals surface area contributed by atoms with E-state index in [1.54, 1.807) is 14.2 Å². The Kier molecular flexibility index (Phi) is 21.9. The van der Waals surface area contributed by atoms with Gasteiger partial charge in [0.05, 0.1) is 0 Å². The lowest BCUT2D eigenvalue weighted by atomic mass is 11.5. The second-order valence-electron chi connectivity index (χ2n) is 1.15. The van der Waals surface area contributed by atoms with E-state index in [2.05, 4.69) is 9.47 Å². The fraction of sp³-hybridized carbons (Fsp3) is 1.00. The van der Waals surface area contributed by atoms with Crippen LogP contribution in [0.15, 0.2) is 0 Å². The Morgan fingerprint density at radius 3 is 1.12 bits per heavy atom. The van der Waals surface area contributed by atoms with Crippen LogP contribution in [0.4, 0.5) is 0 Å². The third kappa shape index (κ3) is 32.9. The Morgan fingerprint density at radius 2 is 1.12 bits per heavy atom. The quantitative estimate of drug-likeness (QED) is 0.423. The molecule has 0 rings (SSSR count). The van der Waals surface area contributed by atoms with E-state index >= 15 is 0 Å². The molecule has 0 aromatic rings. The zero-order valence-corrected chi connectivity index (χ0v) is 10.2. The predicted octanol–water partition coefficient (Wildman–Crippen LogP) is -2.09. The molecule has 0 unspecified atom stereocenters. The average Bonchev–Trinajstić information content (AvgIpc) is 1.88. The van der Waals surface area contributed by atoms with Crippen molar-refractivity contribution in [1.82, 2.24) is 0 Å². The molecule has 0 amide bonds. The highest BCUT2D eigenvalue weighted by atomic mass is 28.1. The average molecular weight is 152 g/mol. The van der Waals surface area contributed by atoms with Crippen LogP contribution < -0.4 is 0 Å². The molecule has 0 atom stereocenters. The summed E-state index contributed by atoms with van der Waals surface area (Å²) >= 11 is 0. The number of ether oxygens (including phenoxy) is 2. The normalized spacial score (nSPS) is 8.25. The van der Waals surface area contributed by atoms with Gasteiger partial charge in [-0.3, -0.25) is 0 Å². The lowest BCUT2D eigenvalue weighted by Gasteiger charge is -1.76. The predicted molar refractivity (Wildman–Crippen MR) is 43.6 cm³/mol. The maximum Gasteiger partial charge on any atom is 0.0352 e. The van der Waals surface area contributed by atoms with Gasteiger partial charge in [-0.2, -0.15) is 0 Å². The molecule has 0 fully saturated rings. The van der Waals surface area contributed by atoms with Crippen LogP contribution in [0.2, 0.25) is 0 Å². The molecule has 4 heteroatoms. The Bertz CT molecular complexity index is 20.0. The van der Waals surface area contributed by atoms with Crippen molar-refractivity contribution < 1.29 is 9.47 Å². The van der Waals surface area contributed by atoms with E-state index < -0.39 is 0 Å². The summed E-state index contributed by atoms with van der Waals surface area (Å²) in [5, 5.41) is 0. The summed E-state index contributed by atoms with van der Waals surface area (Å²) in [5.74, 6) is 0. The highest BCUT2D eigenvalue weighted by molar-refractivity contribution is 6.08. The largest absolute Gasteiger partial charge is 0.389 e. The Hall–Kier alpha value is 0.354. The summed E-state index contributed by atoms with van der Waals surface area (Å²) in [6.45, 7) is 0. The molecule has 0 bridgehead atoms. The highest BCUT2D eigenvalue weighted by Gasteiger charge is 1.52. The standard InChI is InChI=1S/2C2H8OSi/c2*1-3-2-4/h2*2H2,1,4H3. The molecule has 8 heavy (non-hydrogen) atoms. The first-order valence-electron chi connectivity index (χ1n) is 2.81. The van der Waals surface area contributed by atoms with Crippen LogP contribution in [-0.2, 0) is 9.47 Å². The Labute approximate surface area is 57.4 Å². The van der Waals surface area contributed by atoms with Crippen molar-refractivity contribution in [3.8, 4) is 0 Å². The van der Waals surface area contributed by atoms with Crippen LogP contribution in [-0.4, -0.2) is 47.2 Å². The first kappa shape index (κ1) is 11.2. The summed E-state index contributed by atoms with van der Waals surface area (Å²) in [6.07, 6.45) is 1.92. The maximum absolute atomic E-state index is 4.60. The van der Waals surface area contributed by atoms with Gasteiger partial charge in [0.15, 0.2) is 0 Å². The first-order valence-corrected chi connectivity index (χ1v) is 5.64. The van der Waals surface area contributed by atoms with E-state index in [-0.39, 0.29) is 0 Å². The summed E-state index contributed by atoms with van der Waals surface area (Å²) in [7, 11) is 5.77. The zero-order chi connectivity index (χ0) is 6.83. The van der Waals surface area contributed by atoms with Crippen LogP contribution in [0.1, 0.15) is 0 Å². The molecule has 0 aliphatic carbocycles. The molecule has 2 nitrogen and oxygen atoms in total. The molecule has 0 aromatic carbocycles. The minimum atomic E-state index is 0.958. The Balaban J connectivity index is 0. The van der Waals surface area contributed by atoms with E-state index in [0.29, 0.717) is 0 Å². The van der Waals surface area contributed by atoms with Gasteiger partial charge >= 0.3 is 0 Å². The molecule has 0 spiro atoms. The molecular weight excluding hydrogens is 136 g/mol. The van der Waals surface area contributed by atoms with Crippen molar-refractivity contribution in [2.45, 2.75) is 0 Å². The molecule has 0 aliphatic rings. The van der Waals surface area contributed by atoms with Gasteiger partial charge in [-0.15, -0.1) is 0 Å². The fourth-order valence-corrected chi connectivity index (χ4v) is 0. The van der Waals surface area contributed by atoms with E-state index in [1.807, 2.05) is 0 Å². The summed E-state index contributed by atoms with van der Waals surface area (Å²) in [4.78, 5) is 0. The van der Waals surface area contributed by atoms with Crippen LogP contribution in [0.3, 0.4) is 0 Å². The van der Waals surface area contributed by atoms with Crippen LogP contribution in [0.25, 0.3) is 0 Å². The van der Waals surface area contributed by atoms with E-state index in [0.717, 1.165) is 12.5 Å². The van der Waals surface area contributed by atoms with Crippen LogP contribution in [0, 0.1) is 0 Å². The van der Waals surface area contributed by atoms with Gasteiger partial charge in [0.1, 0.15) is 0 Å². The van der Waals surface area contributed by atoms with Crippen molar-refractivity contribution in [1.29, 1.82) is 0 Å². The van der Waals surface area contributed by atoms with Gasteiger partial charge in [-0.25, -0.2) is 0 Å². The molecule has 0 aromatic heterocycles. The van der Waals surface area contributed by atoms with Crippen LogP contribution >= 0.6 is 0 Å². The van der Waals surface area contributed by atoms with Crippen molar-refractivity contribution in [2.75, 3.05) is 26.7 Å². The summed E-state index contributed by atoms with van der Waals surface area (Å²) in [6, 6.07) is 0. The van der Waals surface area contributed by atoms with Gasteiger partial charge in [0, 0.05) is 47.2 Å². The summed E-state index contributed by atoms with van der Waals surface area (Å²) < 4.78 is 9.21. The molecular formula is C4H16O2Si2. The third-order valence-corrected chi connectivity index (χ3v) is 1.73. The second kappa shape index (κ2) is 15.7. The van der Waals surface area contributed by atoms with Crippen LogP contribution in [0.5, 0.6) is 0 Å². The van der Waals surface area contributed by atoms with E-state index in [1.165, 1.54) is 20.5 Å². The molecule has 0 heterocycles. The van der Waals surface area contributed by atoms with Crippen molar-refractivity contribution in [3.05, 3.63) is 0 Å². The number of hydrogen-bond acceptors (Lipinski definition) is 2. The van der Waals surface area contributed by atoms with Gasteiger partial charge in [-0.05, 0) is 0 Å². The molecule has 0 saturated heterocycles. The van der Waals surface area contributed by atoms with Gasteiger partial charge in [0.25, 0.3) is 0 Å². The van der Waals surface area contributed by atoms with Crippen molar-refractivity contribution in [2.24, 2.45) is 0 Å². The fourth-order valence-electron chi connectivity index (χ4n) is 0. The van der Waals surface area contributed by atoms with Crippen molar-refractivity contribution in [3.63, 3.8) is 0 Å². The van der Waals surface area contributed by atoms with Gasteiger partial charge in [0.2, 0.25) is 0 Å². The third-order valence-electron chi connectivity index (χ3n) is 0.577. The monoisotopic (exact) mass is 152 g/mol. The molecule has 0 saturated carbocycles. The Morgan fingerprint density at radius 1 is 1.00 bits per heavy atom. The van der Waals surface area contributed by atoms with E-state index in [9.17, 15) is 0 Å². The SMILES string of the molecule is COC[SiH3].COC[SiH3]. The zero-order valence-electron chi connectivity index (χ0n) is 6.23. The topological polar surface area (TPSA) is 18.5 Å². The lowest BCUT2D eigenvalue weighted by molar-refractivity contribution is 0.254. The lowest BCUT2D eigenvalue weighted by Crippen LogP contribution is -1.80. The minimum absolute atomic E-state index is 0.958. The molecule has 0 aliphatic heterocycles. The highest BCUT2D eigenvalue weighted by Crippen LogP contribution is 1.45.